The molecule has 2 nitrogen and oxygen atoms in total. The monoisotopic (exact) mass is 197 g/mol. The number of rotatable bonds is 3. The van der Waals surface area contributed by atoms with Crippen molar-refractivity contribution in [2.75, 3.05) is 13.2 Å². The number of nitrogens with one attached hydrogen (secondary N) is 1. The van der Waals surface area contributed by atoms with Gasteiger partial charge in [-0.25, -0.2) is 0 Å². The van der Waals surface area contributed by atoms with Gasteiger partial charge in [0.1, 0.15) is 0 Å². The fourth-order valence-electron chi connectivity index (χ4n) is 2.64. The standard InChI is InChI=1S/C12H23NO/c1-3-10-6-11(7-10)13-12-4-5-14-8-9(12)2/h9-13H,3-8H2,1-2H3. The molecule has 1 N–H and O–H groups in total. The third kappa shape index (κ3) is 2.29. The molecule has 1 saturated carbocycles. The molecular formula is C12H23NO. The molecule has 0 aromatic heterocycles. The van der Waals surface area contributed by atoms with Gasteiger partial charge < -0.3 is 10.1 Å². The maximum atomic E-state index is 5.45. The van der Waals surface area contributed by atoms with E-state index in [4.69, 9.17) is 4.74 Å². The molecule has 14 heavy (non-hydrogen) atoms. The van der Waals surface area contributed by atoms with E-state index in [1.165, 1.54) is 25.7 Å². The highest BCUT2D eigenvalue weighted by molar-refractivity contribution is 4.88. The second-order valence-electron chi connectivity index (χ2n) is 5.06. The number of ether oxygens (including phenoxy) is 1. The molecule has 2 heteroatoms. The highest BCUT2D eigenvalue weighted by Gasteiger charge is 2.31. The Kier molecular flexibility index (Phi) is 3.45. The summed E-state index contributed by atoms with van der Waals surface area (Å²) in [6.07, 6.45) is 5.37. The van der Waals surface area contributed by atoms with Gasteiger partial charge in [0.25, 0.3) is 0 Å². The molecule has 0 amide bonds. The molecule has 2 rings (SSSR count). The van der Waals surface area contributed by atoms with Crippen LogP contribution in [0.1, 0.15) is 39.5 Å². The van der Waals surface area contributed by atoms with Gasteiger partial charge in [-0.15, -0.1) is 0 Å². The van der Waals surface area contributed by atoms with Gasteiger partial charge in [-0.05, 0) is 31.1 Å². The van der Waals surface area contributed by atoms with Crippen LogP contribution in [0.4, 0.5) is 0 Å². The lowest BCUT2D eigenvalue weighted by atomic mass is 9.78. The zero-order chi connectivity index (χ0) is 9.97. The van der Waals surface area contributed by atoms with Crippen LogP contribution in [0.5, 0.6) is 0 Å². The topological polar surface area (TPSA) is 21.3 Å². The summed E-state index contributed by atoms with van der Waals surface area (Å²) >= 11 is 0. The second kappa shape index (κ2) is 4.63. The van der Waals surface area contributed by atoms with E-state index in [1.807, 2.05) is 0 Å². The smallest absolute Gasteiger partial charge is 0.0506 e. The van der Waals surface area contributed by atoms with Gasteiger partial charge in [-0.3, -0.25) is 0 Å². The zero-order valence-electron chi connectivity index (χ0n) is 9.46. The van der Waals surface area contributed by atoms with Crippen LogP contribution in [0, 0.1) is 11.8 Å². The SMILES string of the molecule is CCC1CC(NC2CCOCC2C)C1. The van der Waals surface area contributed by atoms with Crippen molar-refractivity contribution in [3.05, 3.63) is 0 Å². The van der Waals surface area contributed by atoms with E-state index < -0.39 is 0 Å². The Bertz CT molecular complexity index is 177. The predicted molar refractivity (Wildman–Crippen MR) is 58.3 cm³/mol. The van der Waals surface area contributed by atoms with E-state index in [2.05, 4.69) is 19.2 Å². The summed E-state index contributed by atoms with van der Waals surface area (Å²) in [6.45, 7) is 6.50. The van der Waals surface area contributed by atoms with Gasteiger partial charge in [0, 0.05) is 18.7 Å². The van der Waals surface area contributed by atoms with Crippen molar-refractivity contribution < 1.29 is 4.74 Å². The minimum Gasteiger partial charge on any atom is -0.381 e. The summed E-state index contributed by atoms with van der Waals surface area (Å²) in [5.41, 5.74) is 0. The first kappa shape index (κ1) is 10.4. The third-order valence-electron chi connectivity index (χ3n) is 3.90. The van der Waals surface area contributed by atoms with E-state index >= 15 is 0 Å². The normalized spacial score (nSPS) is 43.3. The lowest BCUT2D eigenvalue weighted by molar-refractivity contribution is 0.0285. The summed E-state index contributed by atoms with van der Waals surface area (Å²) in [7, 11) is 0. The minimum atomic E-state index is 0.699. The molecule has 0 radical (unpaired) electrons. The summed E-state index contributed by atoms with van der Waals surface area (Å²) in [5.74, 6) is 1.70. The maximum absolute atomic E-state index is 5.45. The second-order valence-corrected chi connectivity index (χ2v) is 5.06. The lowest BCUT2D eigenvalue weighted by Crippen LogP contribution is -2.51. The fourth-order valence-corrected chi connectivity index (χ4v) is 2.64. The van der Waals surface area contributed by atoms with E-state index in [0.29, 0.717) is 12.0 Å². The van der Waals surface area contributed by atoms with Crippen molar-refractivity contribution in [1.29, 1.82) is 0 Å². The van der Waals surface area contributed by atoms with Crippen LogP contribution in [-0.2, 0) is 4.74 Å². The Morgan fingerprint density at radius 1 is 1.36 bits per heavy atom. The van der Waals surface area contributed by atoms with Crippen LogP contribution >= 0.6 is 0 Å². The molecule has 2 unspecified atom stereocenters. The molecule has 1 saturated heterocycles. The average molecular weight is 197 g/mol. The fraction of sp³-hybridized carbons (Fsp3) is 1.00. The predicted octanol–water partition coefficient (Wildman–Crippen LogP) is 2.19. The molecule has 1 aliphatic heterocycles. The summed E-state index contributed by atoms with van der Waals surface area (Å²) in [4.78, 5) is 0. The average Bonchev–Trinajstić information content (AvgIpc) is 2.13. The third-order valence-corrected chi connectivity index (χ3v) is 3.90. The molecule has 0 aromatic rings. The van der Waals surface area contributed by atoms with Crippen molar-refractivity contribution in [1.82, 2.24) is 5.32 Å². The summed E-state index contributed by atoms with van der Waals surface area (Å²) in [5, 5.41) is 3.79. The number of hydrogen-bond donors (Lipinski definition) is 1. The first-order chi connectivity index (χ1) is 6.79. The highest BCUT2D eigenvalue weighted by atomic mass is 16.5. The van der Waals surface area contributed by atoms with Gasteiger partial charge in [0.05, 0.1) is 6.61 Å². The van der Waals surface area contributed by atoms with E-state index in [9.17, 15) is 0 Å². The van der Waals surface area contributed by atoms with Crippen LogP contribution in [0.25, 0.3) is 0 Å². The van der Waals surface area contributed by atoms with Crippen LogP contribution in [0.15, 0.2) is 0 Å². The molecule has 0 spiro atoms. The summed E-state index contributed by atoms with van der Waals surface area (Å²) in [6, 6.07) is 1.53. The quantitative estimate of drug-likeness (QED) is 0.749. The molecule has 1 aliphatic carbocycles. The Morgan fingerprint density at radius 2 is 2.14 bits per heavy atom. The number of hydrogen-bond acceptors (Lipinski definition) is 2. The minimum absolute atomic E-state index is 0.699. The lowest BCUT2D eigenvalue weighted by Gasteiger charge is -2.40. The van der Waals surface area contributed by atoms with Gasteiger partial charge in [0.15, 0.2) is 0 Å². The molecular weight excluding hydrogens is 174 g/mol. The van der Waals surface area contributed by atoms with Crippen LogP contribution in [-0.4, -0.2) is 25.3 Å². The van der Waals surface area contributed by atoms with Gasteiger partial charge in [-0.1, -0.05) is 20.3 Å². The van der Waals surface area contributed by atoms with Crippen molar-refractivity contribution in [2.24, 2.45) is 11.8 Å². The Labute approximate surface area is 87.4 Å². The first-order valence-corrected chi connectivity index (χ1v) is 6.13. The molecule has 0 bridgehead atoms. The van der Waals surface area contributed by atoms with Gasteiger partial charge >= 0.3 is 0 Å². The van der Waals surface area contributed by atoms with Crippen molar-refractivity contribution >= 4 is 0 Å². The first-order valence-electron chi connectivity index (χ1n) is 6.13. The van der Waals surface area contributed by atoms with Crippen LogP contribution in [0.2, 0.25) is 0 Å². The van der Waals surface area contributed by atoms with Gasteiger partial charge in [0.2, 0.25) is 0 Å². The molecule has 2 fully saturated rings. The largest absolute Gasteiger partial charge is 0.381 e. The van der Waals surface area contributed by atoms with Crippen molar-refractivity contribution in [2.45, 2.75) is 51.6 Å². The zero-order valence-corrected chi connectivity index (χ0v) is 9.46. The van der Waals surface area contributed by atoms with E-state index in [1.54, 1.807) is 0 Å². The van der Waals surface area contributed by atoms with E-state index in [-0.39, 0.29) is 0 Å². The Hall–Kier alpha value is -0.0800. The molecule has 2 aliphatic rings. The van der Waals surface area contributed by atoms with Crippen LogP contribution in [0.3, 0.4) is 0 Å². The highest BCUT2D eigenvalue weighted by Crippen LogP contribution is 2.31. The Balaban J connectivity index is 1.69. The van der Waals surface area contributed by atoms with Crippen molar-refractivity contribution in [3.63, 3.8) is 0 Å². The molecule has 2 atom stereocenters. The van der Waals surface area contributed by atoms with Gasteiger partial charge in [-0.2, -0.15) is 0 Å². The van der Waals surface area contributed by atoms with E-state index in [0.717, 1.165) is 25.2 Å². The molecule has 0 aromatic carbocycles. The van der Waals surface area contributed by atoms with Crippen LogP contribution < -0.4 is 5.32 Å². The molecule has 82 valence electrons. The van der Waals surface area contributed by atoms with Crippen molar-refractivity contribution in [3.8, 4) is 0 Å². The summed E-state index contributed by atoms with van der Waals surface area (Å²) < 4.78 is 5.45. The maximum Gasteiger partial charge on any atom is 0.0506 e. The Morgan fingerprint density at radius 3 is 2.79 bits per heavy atom. The molecule has 1 heterocycles.